The maximum absolute atomic E-state index is 15.4. The second-order valence-corrected chi connectivity index (χ2v) is 9.76. The number of nitrogens with one attached hydrogen (secondary N) is 2. The van der Waals surface area contributed by atoms with E-state index in [0.29, 0.717) is 35.0 Å². The zero-order chi connectivity index (χ0) is 25.0. The molecular formula is C26H27FN6O3. The van der Waals surface area contributed by atoms with Crippen molar-refractivity contribution < 1.29 is 18.7 Å². The van der Waals surface area contributed by atoms with Crippen LogP contribution in [0.2, 0.25) is 0 Å². The van der Waals surface area contributed by atoms with Gasteiger partial charge in [-0.15, -0.1) is 0 Å². The number of halogens is 1. The Morgan fingerprint density at radius 3 is 2.78 bits per heavy atom. The number of pyridine rings is 2. The Hall–Kier alpha value is -3.95. The third-order valence-electron chi connectivity index (χ3n) is 7.19. The highest BCUT2D eigenvalue weighted by atomic mass is 19.1. The lowest BCUT2D eigenvalue weighted by Gasteiger charge is -2.38. The molecule has 4 heterocycles. The molecule has 4 N–H and O–H groups in total. The van der Waals surface area contributed by atoms with E-state index in [1.165, 1.54) is 6.20 Å². The van der Waals surface area contributed by atoms with Crippen molar-refractivity contribution in [3.05, 3.63) is 41.6 Å². The Morgan fingerprint density at radius 1 is 1.19 bits per heavy atom. The summed E-state index contributed by atoms with van der Waals surface area (Å²) >= 11 is 0. The normalized spacial score (nSPS) is 17.2. The van der Waals surface area contributed by atoms with Crippen molar-refractivity contribution in [2.45, 2.75) is 38.7 Å². The quantitative estimate of drug-likeness (QED) is 0.475. The van der Waals surface area contributed by atoms with Gasteiger partial charge >= 0.3 is 6.09 Å². The molecule has 9 nitrogen and oxygen atoms in total. The number of anilines is 3. The van der Waals surface area contributed by atoms with Crippen LogP contribution < -0.4 is 16.4 Å². The van der Waals surface area contributed by atoms with E-state index in [0.717, 1.165) is 49.2 Å². The molecule has 2 fully saturated rings. The first-order valence-electron chi connectivity index (χ1n) is 12.3. The standard InChI is InChI=1S/C26H27FN6O3/c1-13-18(9-30-20-3-2-6-29-24(13)20)17-7-15-8-21(31-10-19(15)23(28)22(17)27)32-26(35)36-16-11-33(12-16)25(34)14-4-5-14/h7-10,14,16,29H,2-6,11-12,28H2,1H3,(H,31,32,35). The van der Waals surface area contributed by atoms with Gasteiger partial charge in [-0.2, -0.15) is 0 Å². The van der Waals surface area contributed by atoms with E-state index in [9.17, 15) is 9.59 Å². The number of rotatable bonds is 4. The van der Waals surface area contributed by atoms with E-state index >= 15 is 4.39 Å². The van der Waals surface area contributed by atoms with Gasteiger partial charge in [0.05, 0.1) is 30.2 Å². The Balaban J connectivity index is 1.22. The minimum atomic E-state index is -0.651. The van der Waals surface area contributed by atoms with Gasteiger partial charge in [-0.05, 0) is 55.7 Å². The predicted molar refractivity (Wildman–Crippen MR) is 134 cm³/mol. The lowest BCUT2D eigenvalue weighted by Crippen LogP contribution is -2.56. The number of carbonyl (C=O) groups is 2. The Kier molecular flexibility index (Phi) is 5.39. The van der Waals surface area contributed by atoms with Gasteiger partial charge in [0.15, 0.2) is 5.82 Å². The number of hydrogen-bond acceptors (Lipinski definition) is 7. The van der Waals surface area contributed by atoms with Gasteiger partial charge in [0.25, 0.3) is 0 Å². The molecule has 1 aromatic carbocycles. The van der Waals surface area contributed by atoms with Gasteiger partial charge in [-0.25, -0.2) is 14.2 Å². The third kappa shape index (κ3) is 3.96. The molecule has 0 bridgehead atoms. The highest BCUT2D eigenvalue weighted by Crippen LogP contribution is 2.38. The van der Waals surface area contributed by atoms with Crippen LogP contribution in [-0.4, -0.2) is 52.6 Å². The largest absolute Gasteiger partial charge is 0.442 e. The third-order valence-corrected chi connectivity index (χ3v) is 7.19. The van der Waals surface area contributed by atoms with Crippen molar-refractivity contribution in [2.24, 2.45) is 5.92 Å². The molecule has 0 spiro atoms. The monoisotopic (exact) mass is 490 g/mol. The number of ether oxygens (including phenoxy) is 1. The summed E-state index contributed by atoms with van der Waals surface area (Å²) in [6.07, 6.45) is 5.94. The first-order chi connectivity index (χ1) is 17.4. The summed E-state index contributed by atoms with van der Waals surface area (Å²) in [5, 5.41) is 7.08. The maximum Gasteiger partial charge on any atom is 0.413 e. The number of aryl methyl sites for hydroxylation is 1. The zero-order valence-electron chi connectivity index (χ0n) is 19.9. The Labute approximate surface area is 207 Å². The molecule has 0 radical (unpaired) electrons. The van der Waals surface area contributed by atoms with Crippen molar-refractivity contribution in [3.63, 3.8) is 0 Å². The predicted octanol–water partition coefficient (Wildman–Crippen LogP) is 3.85. The van der Waals surface area contributed by atoms with Crippen LogP contribution in [0.15, 0.2) is 24.5 Å². The first-order valence-corrected chi connectivity index (χ1v) is 12.3. The smallest absolute Gasteiger partial charge is 0.413 e. The van der Waals surface area contributed by atoms with Crippen LogP contribution in [0.3, 0.4) is 0 Å². The summed E-state index contributed by atoms with van der Waals surface area (Å²) in [4.78, 5) is 34.9. The molecule has 1 saturated heterocycles. The van der Waals surface area contributed by atoms with Crippen molar-refractivity contribution in [3.8, 4) is 11.1 Å². The van der Waals surface area contributed by atoms with Gasteiger partial charge in [0.2, 0.25) is 5.91 Å². The second kappa shape index (κ2) is 8.61. The summed E-state index contributed by atoms with van der Waals surface area (Å²) < 4.78 is 20.8. The molecule has 36 heavy (non-hydrogen) atoms. The number of benzene rings is 1. The summed E-state index contributed by atoms with van der Waals surface area (Å²) in [6, 6.07) is 3.34. The minimum absolute atomic E-state index is 0.0101. The zero-order valence-corrected chi connectivity index (χ0v) is 19.9. The van der Waals surface area contributed by atoms with E-state index in [1.54, 1.807) is 23.2 Å². The minimum Gasteiger partial charge on any atom is -0.442 e. The molecule has 2 aromatic heterocycles. The molecule has 186 valence electrons. The number of likely N-dealkylation sites (tertiary alicyclic amines) is 1. The van der Waals surface area contributed by atoms with Crippen molar-refractivity contribution in [1.29, 1.82) is 0 Å². The number of carbonyl (C=O) groups excluding carboxylic acids is 2. The van der Waals surface area contributed by atoms with Crippen LogP contribution in [0.1, 0.15) is 30.5 Å². The molecular weight excluding hydrogens is 463 g/mol. The number of nitrogen functional groups attached to an aromatic ring is 1. The fourth-order valence-electron chi connectivity index (χ4n) is 4.95. The molecule has 10 heteroatoms. The van der Waals surface area contributed by atoms with Gasteiger partial charge in [-0.3, -0.25) is 15.1 Å². The van der Waals surface area contributed by atoms with Crippen LogP contribution >= 0.6 is 0 Å². The SMILES string of the molecule is Cc1c(-c2cc3cc(NC(=O)OC4CN(C(=O)C5CC5)C4)ncc3c(N)c2F)cnc2c1NCCC2. The summed E-state index contributed by atoms with van der Waals surface area (Å²) in [5.41, 5.74) is 10.0. The molecule has 1 saturated carbocycles. The fourth-order valence-corrected chi connectivity index (χ4v) is 4.95. The summed E-state index contributed by atoms with van der Waals surface area (Å²) in [5.74, 6) is 0.0325. The van der Waals surface area contributed by atoms with E-state index in [1.807, 2.05) is 6.92 Å². The van der Waals surface area contributed by atoms with Crippen LogP contribution in [0.4, 0.5) is 26.4 Å². The highest BCUT2D eigenvalue weighted by molar-refractivity contribution is 5.99. The van der Waals surface area contributed by atoms with Crippen LogP contribution in [0, 0.1) is 18.7 Å². The second-order valence-electron chi connectivity index (χ2n) is 9.76. The van der Waals surface area contributed by atoms with Crippen LogP contribution in [0.25, 0.3) is 21.9 Å². The molecule has 6 rings (SSSR count). The van der Waals surface area contributed by atoms with E-state index in [2.05, 4.69) is 20.6 Å². The van der Waals surface area contributed by atoms with E-state index in [4.69, 9.17) is 10.5 Å². The number of aromatic nitrogens is 2. The van der Waals surface area contributed by atoms with Crippen molar-refractivity contribution >= 4 is 40.0 Å². The number of hydrogen-bond donors (Lipinski definition) is 3. The Bertz CT molecular complexity index is 1400. The molecule has 3 aliphatic rings. The fraction of sp³-hybridized carbons (Fsp3) is 0.385. The lowest BCUT2D eigenvalue weighted by atomic mass is 9.95. The summed E-state index contributed by atoms with van der Waals surface area (Å²) in [6.45, 7) is 3.63. The van der Waals surface area contributed by atoms with Gasteiger partial charge in [-0.1, -0.05) is 0 Å². The number of fused-ring (bicyclic) bond motifs is 2. The van der Waals surface area contributed by atoms with Gasteiger partial charge in [0, 0.05) is 41.4 Å². The highest BCUT2D eigenvalue weighted by Gasteiger charge is 2.40. The van der Waals surface area contributed by atoms with Crippen molar-refractivity contribution in [2.75, 3.05) is 36.0 Å². The number of amides is 2. The Morgan fingerprint density at radius 2 is 2.00 bits per heavy atom. The first kappa shape index (κ1) is 22.5. The molecule has 0 unspecified atom stereocenters. The van der Waals surface area contributed by atoms with E-state index < -0.39 is 11.9 Å². The molecule has 3 aromatic rings. The number of nitrogens with zero attached hydrogens (tertiary/aromatic N) is 3. The lowest BCUT2D eigenvalue weighted by molar-refractivity contribution is -0.142. The molecule has 1 aliphatic carbocycles. The van der Waals surface area contributed by atoms with Crippen molar-refractivity contribution in [1.82, 2.24) is 14.9 Å². The van der Waals surface area contributed by atoms with Crippen LogP contribution in [0.5, 0.6) is 0 Å². The number of nitrogens with two attached hydrogens (primary N) is 1. The maximum atomic E-state index is 15.4. The molecule has 2 aliphatic heterocycles. The average molecular weight is 491 g/mol. The average Bonchev–Trinajstić information content (AvgIpc) is 3.69. The topological polar surface area (TPSA) is 122 Å². The van der Waals surface area contributed by atoms with Gasteiger partial charge in [0.1, 0.15) is 11.9 Å². The van der Waals surface area contributed by atoms with Crippen LogP contribution in [-0.2, 0) is 16.0 Å². The summed E-state index contributed by atoms with van der Waals surface area (Å²) in [7, 11) is 0. The van der Waals surface area contributed by atoms with Gasteiger partial charge < -0.3 is 20.7 Å². The van der Waals surface area contributed by atoms with E-state index in [-0.39, 0.29) is 29.4 Å². The molecule has 2 amide bonds. The molecule has 0 atom stereocenters.